The van der Waals surface area contributed by atoms with Crippen molar-refractivity contribution >= 4 is 30.9 Å². The Labute approximate surface area is 260 Å². The molecule has 6 rings (SSSR count). The molecule has 4 nitrogen and oxygen atoms in total. The van der Waals surface area contributed by atoms with Gasteiger partial charge in [-0.05, 0) is 0 Å². The molecular weight excluding hydrogens is 616 g/mol. The van der Waals surface area contributed by atoms with Crippen LogP contribution >= 0.6 is 0 Å². The summed E-state index contributed by atoms with van der Waals surface area (Å²) in [7, 11) is 0. The number of carbonyl (C=O) groups excluding carboxylic acids is 2. The van der Waals surface area contributed by atoms with Crippen molar-refractivity contribution in [2.75, 3.05) is 10.6 Å². The van der Waals surface area contributed by atoms with Crippen molar-refractivity contribution in [2.24, 2.45) is 0 Å². The zero-order valence-electron chi connectivity index (χ0n) is 23.8. The van der Waals surface area contributed by atoms with Crippen LogP contribution < -0.4 is 18.4 Å². The second kappa shape index (κ2) is 12.7. The fourth-order valence-electron chi connectivity index (χ4n) is 5.97. The maximum atomic E-state index is 16.9. The van der Waals surface area contributed by atoms with E-state index in [-0.39, 0.29) is 18.9 Å². The van der Waals surface area contributed by atoms with Crippen LogP contribution in [0.2, 0.25) is 0 Å². The molecule has 2 amide bonds. The number of hydrogen-bond donors (Lipinski definition) is 2. The first kappa shape index (κ1) is 30.2. The van der Waals surface area contributed by atoms with Gasteiger partial charge < -0.3 is 0 Å². The van der Waals surface area contributed by atoms with E-state index in [0.717, 1.165) is 24.3 Å². The molecule has 0 saturated heterocycles. The Hall–Kier alpha value is -4.79. The molecule has 0 bridgehead atoms. The standard InChI is InChI=1S/2C13H8F2NO.2C5H5.Ti/c2*14-10-6-7-11(15)12(8-10)16-13(17)9-4-2-1-3-5-9;2*1-2-4-5-3-1;/h2*1-6,8H,(H,16,17);2*1-3H,4H2;. The first-order valence-electron chi connectivity index (χ1n) is 14.2. The number of halogens is 4. The number of rotatable bonds is 8. The van der Waals surface area contributed by atoms with Crippen LogP contribution in [0.4, 0.5) is 28.9 Å². The van der Waals surface area contributed by atoms with Gasteiger partial charge in [-0.15, -0.1) is 0 Å². The van der Waals surface area contributed by atoms with Crippen molar-refractivity contribution in [3.8, 4) is 0 Å². The Morgan fingerprint density at radius 1 is 0.578 bits per heavy atom. The van der Waals surface area contributed by atoms with Gasteiger partial charge in [-0.2, -0.15) is 0 Å². The van der Waals surface area contributed by atoms with E-state index in [0.29, 0.717) is 20.6 Å². The molecule has 4 aromatic rings. The first-order valence-corrected chi connectivity index (χ1v) is 17.4. The predicted molar refractivity (Wildman–Crippen MR) is 164 cm³/mol. The molecule has 2 N–H and O–H groups in total. The number of benzene rings is 4. The third-order valence-corrected chi connectivity index (χ3v) is 15.8. The number of nitrogens with one attached hydrogen (secondary N) is 2. The van der Waals surface area contributed by atoms with E-state index in [1.54, 1.807) is 60.7 Å². The van der Waals surface area contributed by atoms with E-state index in [1.807, 2.05) is 12.2 Å². The average Bonchev–Trinajstić information content (AvgIpc) is 3.79. The van der Waals surface area contributed by atoms with E-state index in [4.69, 9.17) is 0 Å². The van der Waals surface area contributed by atoms with Crippen LogP contribution in [0.15, 0.2) is 129 Å². The molecule has 2 aliphatic rings. The molecule has 0 spiro atoms. The summed E-state index contributed by atoms with van der Waals surface area (Å²) in [6.45, 7) is 0. The molecule has 2 aliphatic carbocycles. The first-order chi connectivity index (χ1) is 21.8. The second-order valence-corrected chi connectivity index (χ2v) is 16.7. The summed E-state index contributed by atoms with van der Waals surface area (Å²) in [6, 6.07) is 19.9. The molecule has 0 radical (unpaired) electrons. The van der Waals surface area contributed by atoms with Gasteiger partial charge in [0, 0.05) is 0 Å². The number of carbonyl (C=O) groups is 2. The minimum absolute atomic E-state index is 0.131. The molecule has 0 aliphatic heterocycles. The van der Waals surface area contributed by atoms with Gasteiger partial charge in [-0.25, -0.2) is 0 Å². The van der Waals surface area contributed by atoms with Crippen LogP contribution in [0.5, 0.6) is 0 Å². The van der Waals surface area contributed by atoms with Crippen molar-refractivity contribution in [1.29, 1.82) is 0 Å². The van der Waals surface area contributed by atoms with E-state index in [1.165, 1.54) is 24.3 Å². The zero-order valence-corrected chi connectivity index (χ0v) is 25.4. The summed E-state index contributed by atoms with van der Waals surface area (Å²) in [5.41, 5.74) is -0.366. The average molecular weight is 642 g/mol. The van der Waals surface area contributed by atoms with Crippen LogP contribution in [0.1, 0.15) is 33.6 Å². The maximum absolute atomic E-state index is 16.9. The summed E-state index contributed by atoms with van der Waals surface area (Å²) >= 11 is -4.87. The van der Waals surface area contributed by atoms with Crippen molar-refractivity contribution in [3.63, 3.8) is 0 Å². The minimum atomic E-state index is -4.87. The Kier molecular flexibility index (Phi) is 8.52. The molecule has 224 valence electrons. The Bertz CT molecular complexity index is 1790. The molecule has 0 aromatic heterocycles. The van der Waals surface area contributed by atoms with Crippen molar-refractivity contribution in [2.45, 2.75) is 12.8 Å². The number of allylic oxidation sites excluding steroid dienone is 8. The Balaban J connectivity index is 1.57. The molecule has 0 saturated carbocycles. The molecule has 4 aromatic carbocycles. The van der Waals surface area contributed by atoms with Crippen LogP contribution in [-0.2, 0) is 16.6 Å². The summed E-state index contributed by atoms with van der Waals surface area (Å²) < 4.78 is 65.8. The van der Waals surface area contributed by atoms with Gasteiger partial charge in [0.05, 0.1) is 0 Å². The number of amides is 2. The summed E-state index contributed by atoms with van der Waals surface area (Å²) in [5.74, 6) is -4.87. The van der Waals surface area contributed by atoms with Crippen LogP contribution in [0.3, 0.4) is 0 Å². The molecular formula is C36H26F4N2O2Ti. The van der Waals surface area contributed by atoms with Crippen LogP contribution in [-0.4, -0.2) is 11.8 Å². The zero-order chi connectivity index (χ0) is 31.6. The monoisotopic (exact) mass is 642 g/mol. The normalized spacial score (nSPS) is 13.9. The fraction of sp³-hybridized carbons (Fsp3) is 0.0556. The third-order valence-electron chi connectivity index (χ3n) is 7.96. The van der Waals surface area contributed by atoms with Crippen LogP contribution in [0, 0.1) is 23.3 Å². The van der Waals surface area contributed by atoms with Gasteiger partial charge in [0.2, 0.25) is 0 Å². The van der Waals surface area contributed by atoms with E-state index in [9.17, 15) is 9.59 Å². The predicted octanol–water partition coefficient (Wildman–Crippen LogP) is 7.54. The van der Waals surface area contributed by atoms with Gasteiger partial charge in [-0.1, -0.05) is 0 Å². The van der Waals surface area contributed by atoms with Gasteiger partial charge >= 0.3 is 262 Å². The van der Waals surface area contributed by atoms with Crippen LogP contribution in [0.25, 0.3) is 0 Å². The quantitative estimate of drug-likeness (QED) is 0.154. The Morgan fingerprint density at radius 2 is 0.978 bits per heavy atom. The summed E-state index contributed by atoms with van der Waals surface area (Å²) in [5, 5.41) is 4.95. The van der Waals surface area contributed by atoms with Crippen molar-refractivity contribution in [1.82, 2.24) is 0 Å². The molecule has 0 fully saturated rings. The molecule has 0 heterocycles. The molecule has 45 heavy (non-hydrogen) atoms. The summed E-state index contributed by atoms with van der Waals surface area (Å²) in [6.07, 6.45) is 11.3. The van der Waals surface area contributed by atoms with E-state index in [2.05, 4.69) is 10.6 Å². The molecule has 9 heteroatoms. The van der Waals surface area contributed by atoms with E-state index >= 15 is 17.6 Å². The van der Waals surface area contributed by atoms with Gasteiger partial charge in [0.25, 0.3) is 0 Å². The number of anilines is 2. The molecule has 0 unspecified atom stereocenters. The SMILES string of the molecule is O=C(Nc1cc(F)c[c]([Ti]([C]2=CC=CC2)([C]2=CC=CC2)[c]2cc(F)cc(NC(=O)c3ccccc3)c2F)c1F)c1ccccc1. The number of hydrogen-bond acceptors (Lipinski definition) is 2. The van der Waals surface area contributed by atoms with Gasteiger partial charge in [-0.3, -0.25) is 0 Å². The summed E-state index contributed by atoms with van der Waals surface area (Å²) in [4.78, 5) is 26.0. The third kappa shape index (κ3) is 5.75. The van der Waals surface area contributed by atoms with Gasteiger partial charge in [0.1, 0.15) is 0 Å². The van der Waals surface area contributed by atoms with Gasteiger partial charge in [0.15, 0.2) is 0 Å². The van der Waals surface area contributed by atoms with Crippen molar-refractivity contribution < 1.29 is 43.7 Å². The van der Waals surface area contributed by atoms with E-state index < -0.39 is 63.0 Å². The topological polar surface area (TPSA) is 58.2 Å². The fourth-order valence-corrected chi connectivity index (χ4v) is 14.2. The molecule has 0 atom stereocenters. The van der Waals surface area contributed by atoms with Crippen molar-refractivity contribution in [3.05, 3.63) is 164 Å². The second-order valence-electron chi connectivity index (χ2n) is 10.7. The Morgan fingerprint density at radius 3 is 1.33 bits per heavy atom.